The van der Waals surface area contributed by atoms with Crippen molar-refractivity contribution in [2.75, 3.05) is 5.32 Å². The van der Waals surface area contributed by atoms with E-state index in [2.05, 4.69) is 5.32 Å². The maximum absolute atomic E-state index is 5.51. The third-order valence-electron chi connectivity index (χ3n) is 2.23. The number of hydrogen-bond acceptors (Lipinski definition) is 1. The summed E-state index contributed by atoms with van der Waals surface area (Å²) in [4.78, 5) is 0. The predicted octanol–water partition coefficient (Wildman–Crippen LogP) is 4.64. The fourth-order valence-corrected chi connectivity index (χ4v) is 1.58. The van der Waals surface area contributed by atoms with E-state index in [0.717, 1.165) is 16.9 Å². The summed E-state index contributed by atoms with van der Waals surface area (Å²) in [6, 6.07) is 18.2. The zero-order valence-corrected chi connectivity index (χ0v) is 9.48. The van der Waals surface area contributed by atoms with Gasteiger partial charge in [0.2, 0.25) is 0 Å². The van der Waals surface area contributed by atoms with Crippen LogP contribution < -0.4 is 5.32 Å². The van der Waals surface area contributed by atoms with E-state index in [1.165, 1.54) is 5.54 Å². The predicted molar refractivity (Wildman–Crippen MR) is 71.1 cm³/mol. The van der Waals surface area contributed by atoms with Crippen molar-refractivity contribution in [3.63, 3.8) is 0 Å². The monoisotopic (exact) mass is 229 g/mol. The molecule has 0 spiro atoms. The Morgan fingerprint density at radius 2 is 1.44 bits per heavy atom. The van der Waals surface area contributed by atoms with E-state index in [1.54, 1.807) is 0 Å². The zero-order chi connectivity index (χ0) is 11.2. The van der Waals surface area contributed by atoms with Crippen molar-refractivity contribution in [1.82, 2.24) is 0 Å². The van der Waals surface area contributed by atoms with E-state index in [9.17, 15) is 0 Å². The van der Waals surface area contributed by atoms with Gasteiger partial charge in [0.25, 0.3) is 0 Å². The van der Waals surface area contributed by atoms with Crippen molar-refractivity contribution >= 4 is 29.1 Å². The Kier molecular flexibility index (Phi) is 3.62. The maximum atomic E-state index is 5.51. The molecular weight excluding hydrogens is 218 g/mol. The van der Waals surface area contributed by atoms with Crippen LogP contribution in [0, 0.1) is 0 Å². The Morgan fingerprint density at radius 3 is 2.06 bits per heavy atom. The normalized spacial score (nSPS) is 10.6. The molecule has 1 nitrogen and oxygen atoms in total. The Balaban J connectivity index is 2.11. The first kappa shape index (κ1) is 10.8. The Labute approximate surface area is 100 Å². The van der Waals surface area contributed by atoms with Crippen LogP contribution in [-0.2, 0) is 0 Å². The van der Waals surface area contributed by atoms with Gasteiger partial charge in [0, 0.05) is 16.9 Å². The number of benzene rings is 2. The van der Waals surface area contributed by atoms with Gasteiger partial charge in [-0.15, -0.1) is 0 Å². The van der Waals surface area contributed by atoms with Gasteiger partial charge >= 0.3 is 0 Å². The molecule has 0 atom stereocenters. The number of para-hydroxylation sites is 1. The maximum Gasteiger partial charge on any atom is 0.0384 e. The lowest BCUT2D eigenvalue weighted by molar-refractivity contribution is 1.54. The summed E-state index contributed by atoms with van der Waals surface area (Å²) in [5.41, 5.74) is 4.76. The third-order valence-corrected chi connectivity index (χ3v) is 2.35. The van der Waals surface area contributed by atoms with E-state index >= 15 is 0 Å². The lowest BCUT2D eigenvalue weighted by Gasteiger charge is -2.05. The highest BCUT2D eigenvalue weighted by Crippen LogP contribution is 2.17. The third kappa shape index (κ3) is 2.88. The van der Waals surface area contributed by atoms with E-state index in [0.29, 0.717) is 0 Å². The van der Waals surface area contributed by atoms with Crippen LogP contribution in [0.1, 0.15) is 5.56 Å². The first-order valence-corrected chi connectivity index (χ1v) is 5.51. The van der Waals surface area contributed by atoms with Gasteiger partial charge in [0.05, 0.1) is 0 Å². The fourth-order valence-electron chi connectivity index (χ4n) is 1.44. The fraction of sp³-hybridized carbons (Fsp3) is 0. The molecule has 0 radical (unpaired) electrons. The molecule has 0 bridgehead atoms. The minimum atomic E-state index is 1.07. The molecule has 0 aromatic heterocycles. The van der Waals surface area contributed by atoms with Crippen molar-refractivity contribution in [2.24, 2.45) is 0 Å². The molecule has 80 valence electrons. The van der Waals surface area contributed by atoms with Crippen LogP contribution in [0.4, 0.5) is 11.4 Å². The van der Waals surface area contributed by atoms with Gasteiger partial charge in [-0.3, -0.25) is 0 Å². The number of hydrogen-bond donors (Lipinski definition) is 1. The molecule has 0 saturated heterocycles. The molecule has 16 heavy (non-hydrogen) atoms. The van der Waals surface area contributed by atoms with Gasteiger partial charge in [-0.2, -0.15) is 0 Å². The number of nitrogens with one attached hydrogen (secondary N) is 1. The summed E-state index contributed by atoms with van der Waals surface area (Å²) < 4.78 is 0. The van der Waals surface area contributed by atoms with E-state index in [4.69, 9.17) is 11.6 Å². The quantitative estimate of drug-likeness (QED) is 0.809. The molecule has 2 rings (SSSR count). The number of halogens is 1. The Bertz CT molecular complexity index is 460. The van der Waals surface area contributed by atoms with Gasteiger partial charge in [-0.1, -0.05) is 41.9 Å². The second-order valence-electron chi connectivity index (χ2n) is 3.41. The van der Waals surface area contributed by atoms with Crippen LogP contribution in [-0.4, -0.2) is 0 Å². The van der Waals surface area contributed by atoms with Gasteiger partial charge < -0.3 is 5.32 Å². The second-order valence-corrected chi connectivity index (χ2v) is 3.66. The van der Waals surface area contributed by atoms with Crippen molar-refractivity contribution in [2.45, 2.75) is 0 Å². The highest BCUT2D eigenvalue weighted by Gasteiger charge is 1.93. The number of anilines is 2. The van der Waals surface area contributed by atoms with Gasteiger partial charge in [0.15, 0.2) is 0 Å². The summed E-state index contributed by atoms with van der Waals surface area (Å²) in [5.74, 6) is 0. The Hall–Kier alpha value is -1.73. The molecule has 1 N–H and O–H groups in total. The second kappa shape index (κ2) is 5.38. The minimum absolute atomic E-state index is 1.07. The summed E-state index contributed by atoms with van der Waals surface area (Å²) in [6.45, 7) is 0. The lowest BCUT2D eigenvalue weighted by Crippen LogP contribution is -1.88. The van der Waals surface area contributed by atoms with Crippen LogP contribution in [0.25, 0.3) is 6.08 Å². The first-order chi connectivity index (χ1) is 7.88. The van der Waals surface area contributed by atoms with E-state index in [-0.39, 0.29) is 0 Å². The van der Waals surface area contributed by atoms with Crippen molar-refractivity contribution in [3.8, 4) is 0 Å². The molecule has 0 aliphatic rings. The lowest BCUT2D eigenvalue weighted by atomic mass is 10.2. The molecule has 0 aliphatic heterocycles. The van der Waals surface area contributed by atoms with Crippen LogP contribution in [0.15, 0.2) is 60.1 Å². The van der Waals surface area contributed by atoms with Gasteiger partial charge in [-0.25, -0.2) is 0 Å². The molecule has 0 saturated carbocycles. The Morgan fingerprint density at radius 1 is 0.812 bits per heavy atom. The van der Waals surface area contributed by atoms with Crippen LogP contribution >= 0.6 is 11.6 Å². The molecule has 2 aromatic rings. The van der Waals surface area contributed by atoms with E-state index in [1.807, 2.05) is 60.7 Å². The summed E-state index contributed by atoms with van der Waals surface area (Å²) in [5, 5.41) is 3.32. The summed E-state index contributed by atoms with van der Waals surface area (Å²) in [6.07, 6.45) is 1.86. The topological polar surface area (TPSA) is 12.0 Å². The molecule has 0 fully saturated rings. The minimum Gasteiger partial charge on any atom is -0.356 e. The van der Waals surface area contributed by atoms with Crippen molar-refractivity contribution < 1.29 is 0 Å². The average molecular weight is 230 g/mol. The molecular formula is C14H12ClN. The molecule has 2 aromatic carbocycles. The van der Waals surface area contributed by atoms with Gasteiger partial charge in [0.1, 0.15) is 0 Å². The van der Waals surface area contributed by atoms with Crippen molar-refractivity contribution in [3.05, 3.63) is 65.7 Å². The molecule has 0 unspecified atom stereocenters. The molecule has 0 aliphatic carbocycles. The average Bonchev–Trinajstić information content (AvgIpc) is 2.33. The van der Waals surface area contributed by atoms with Gasteiger partial charge in [-0.05, 0) is 35.9 Å². The largest absolute Gasteiger partial charge is 0.356 e. The van der Waals surface area contributed by atoms with Crippen LogP contribution in [0.5, 0.6) is 0 Å². The molecule has 0 heterocycles. The highest BCUT2D eigenvalue weighted by molar-refractivity contribution is 6.27. The standard InChI is InChI=1S/C14H12ClN/c15-11-10-12-6-8-14(9-7-12)16-13-4-2-1-3-5-13/h1-11,16H/b11-10+. The number of rotatable bonds is 3. The van der Waals surface area contributed by atoms with Crippen molar-refractivity contribution in [1.29, 1.82) is 0 Å². The van der Waals surface area contributed by atoms with Crippen LogP contribution in [0.3, 0.4) is 0 Å². The van der Waals surface area contributed by atoms with Crippen LogP contribution in [0.2, 0.25) is 0 Å². The SMILES string of the molecule is Cl/C=C/c1ccc(Nc2ccccc2)cc1. The smallest absolute Gasteiger partial charge is 0.0384 e. The first-order valence-electron chi connectivity index (χ1n) is 5.07. The molecule has 2 heteroatoms. The van der Waals surface area contributed by atoms with E-state index < -0.39 is 0 Å². The molecule has 0 amide bonds. The zero-order valence-electron chi connectivity index (χ0n) is 8.73. The highest BCUT2D eigenvalue weighted by atomic mass is 35.5. The summed E-state index contributed by atoms with van der Waals surface area (Å²) >= 11 is 5.51. The summed E-state index contributed by atoms with van der Waals surface area (Å²) in [7, 11) is 0.